The number of nitro groups is 1. The predicted molar refractivity (Wildman–Crippen MR) is 52.9 cm³/mol. The Morgan fingerprint density at radius 3 is 2.80 bits per heavy atom. The largest absolute Gasteiger partial charge is 0.378 e. The van der Waals surface area contributed by atoms with Crippen molar-refractivity contribution in [2.45, 2.75) is 0 Å². The molecule has 2 heterocycles. The van der Waals surface area contributed by atoms with Gasteiger partial charge in [-0.3, -0.25) is 10.1 Å². The van der Waals surface area contributed by atoms with Gasteiger partial charge in [0.1, 0.15) is 6.20 Å². The molecule has 0 amide bonds. The molecule has 1 aromatic rings. The average Bonchev–Trinajstić information content (AvgIpc) is 2.61. The molecule has 1 aliphatic heterocycles. The van der Waals surface area contributed by atoms with Crippen molar-refractivity contribution in [2.75, 3.05) is 31.2 Å². The molecule has 0 unspecified atom stereocenters. The van der Waals surface area contributed by atoms with Crippen molar-refractivity contribution in [3.63, 3.8) is 0 Å². The summed E-state index contributed by atoms with van der Waals surface area (Å²) in [4.78, 5) is 12.3. The minimum Gasteiger partial charge on any atom is -0.378 e. The highest BCUT2D eigenvalue weighted by Gasteiger charge is 2.25. The number of aryl methyl sites for hydroxylation is 1. The van der Waals surface area contributed by atoms with Gasteiger partial charge in [0.05, 0.1) is 18.1 Å². The summed E-state index contributed by atoms with van der Waals surface area (Å²) < 4.78 is 6.73. The number of hydrogen-bond acceptors (Lipinski definition) is 5. The van der Waals surface area contributed by atoms with Crippen LogP contribution in [-0.4, -0.2) is 41.0 Å². The first-order valence-corrected chi connectivity index (χ1v) is 4.69. The lowest BCUT2D eigenvalue weighted by Gasteiger charge is -2.27. The van der Waals surface area contributed by atoms with Crippen molar-refractivity contribution in [2.24, 2.45) is 7.05 Å². The predicted octanol–water partition coefficient (Wildman–Crippen LogP) is 0.165. The lowest BCUT2D eigenvalue weighted by molar-refractivity contribution is -0.384. The van der Waals surface area contributed by atoms with Gasteiger partial charge in [-0.2, -0.15) is 5.10 Å². The van der Waals surface area contributed by atoms with E-state index in [2.05, 4.69) is 5.10 Å². The number of aromatic nitrogens is 2. The summed E-state index contributed by atoms with van der Waals surface area (Å²) in [6.45, 7) is 2.53. The van der Waals surface area contributed by atoms with Crippen molar-refractivity contribution in [3.8, 4) is 0 Å². The zero-order valence-corrected chi connectivity index (χ0v) is 8.42. The van der Waals surface area contributed by atoms with Crippen LogP contribution in [0.4, 0.5) is 11.5 Å². The van der Waals surface area contributed by atoms with Crippen LogP contribution in [0.15, 0.2) is 6.20 Å². The fourth-order valence-electron chi connectivity index (χ4n) is 1.69. The molecule has 1 fully saturated rings. The maximum atomic E-state index is 10.8. The zero-order valence-electron chi connectivity index (χ0n) is 8.42. The molecule has 82 valence electrons. The van der Waals surface area contributed by atoms with E-state index in [1.165, 1.54) is 10.9 Å². The van der Waals surface area contributed by atoms with Crippen molar-refractivity contribution in [3.05, 3.63) is 16.3 Å². The van der Waals surface area contributed by atoms with E-state index in [1.807, 2.05) is 4.90 Å². The minimum atomic E-state index is -0.405. The molecule has 1 aromatic heterocycles. The van der Waals surface area contributed by atoms with Gasteiger partial charge in [-0.25, -0.2) is 4.68 Å². The third-order valence-electron chi connectivity index (χ3n) is 2.40. The van der Waals surface area contributed by atoms with E-state index in [0.717, 1.165) is 0 Å². The second kappa shape index (κ2) is 3.85. The molecule has 0 atom stereocenters. The summed E-state index contributed by atoms with van der Waals surface area (Å²) in [6, 6.07) is 0. The van der Waals surface area contributed by atoms with E-state index in [-0.39, 0.29) is 5.69 Å². The van der Waals surface area contributed by atoms with E-state index in [4.69, 9.17) is 4.74 Å². The van der Waals surface area contributed by atoms with Crippen LogP contribution in [0.1, 0.15) is 0 Å². The monoisotopic (exact) mass is 212 g/mol. The smallest absolute Gasteiger partial charge is 0.331 e. The van der Waals surface area contributed by atoms with Crippen molar-refractivity contribution >= 4 is 11.5 Å². The van der Waals surface area contributed by atoms with Crippen molar-refractivity contribution < 1.29 is 9.66 Å². The standard InChI is InChI=1S/C8H12N4O3/c1-10-8(7(6-9-10)12(13)14)11-2-4-15-5-3-11/h6H,2-5H2,1H3. The summed E-state index contributed by atoms with van der Waals surface area (Å²) in [5, 5.41) is 14.7. The Labute approximate surface area is 86.4 Å². The maximum Gasteiger partial charge on any atom is 0.331 e. The number of rotatable bonds is 2. The third kappa shape index (κ3) is 1.78. The molecule has 0 aromatic carbocycles. The number of ether oxygens (including phenoxy) is 1. The van der Waals surface area contributed by atoms with Crippen LogP contribution in [0.2, 0.25) is 0 Å². The van der Waals surface area contributed by atoms with Crippen LogP contribution in [0.5, 0.6) is 0 Å². The molecule has 2 rings (SSSR count). The Morgan fingerprint density at radius 1 is 1.53 bits per heavy atom. The van der Waals surface area contributed by atoms with Crippen LogP contribution in [0.25, 0.3) is 0 Å². The molecule has 0 bridgehead atoms. The summed E-state index contributed by atoms with van der Waals surface area (Å²) in [6.07, 6.45) is 1.28. The minimum absolute atomic E-state index is 0.0550. The molecule has 15 heavy (non-hydrogen) atoms. The maximum absolute atomic E-state index is 10.8. The van der Waals surface area contributed by atoms with Crippen molar-refractivity contribution in [1.82, 2.24) is 9.78 Å². The first-order chi connectivity index (χ1) is 7.20. The molecule has 0 aliphatic carbocycles. The fraction of sp³-hybridized carbons (Fsp3) is 0.625. The van der Waals surface area contributed by atoms with Gasteiger partial charge in [0.15, 0.2) is 0 Å². The van der Waals surface area contributed by atoms with Crippen LogP contribution in [0.3, 0.4) is 0 Å². The molecular weight excluding hydrogens is 200 g/mol. The Hall–Kier alpha value is -1.63. The first kappa shape index (κ1) is 9.91. The van der Waals surface area contributed by atoms with Crippen LogP contribution < -0.4 is 4.90 Å². The van der Waals surface area contributed by atoms with Gasteiger partial charge < -0.3 is 9.64 Å². The normalized spacial score (nSPS) is 16.7. The topological polar surface area (TPSA) is 73.4 Å². The Balaban J connectivity index is 2.32. The fourth-order valence-corrected chi connectivity index (χ4v) is 1.69. The SMILES string of the molecule is Cn1ncc([N+](=O)[O-])c1N1CCOCC1. The molecule has 0 saturated carbocycles. The van der Waals surface area contributed by atoms with Gasteiger partial charge in [0.25, 0.3) is 0 Å². The van der Waals surface area contributed by atoms with Crippen LogP contribution in [-0.2, 0) is 11.8 Å². The summed E-state index contributed by atoms with van der Waals surface area (Å²) >= 11 is 0. The molecule has 0 N–H and O–H groups in total. The molecular formula is C8H12N4O3. The Kier molecular flexibility index (Phi) is 2.55. The van der Waals surface area contributed by atoms with Gasteiger partial charge in [0.2, 0.25) is 5.82 Å². The van der Waals surface area contributed by atoms with Gasteiger partial charge in [-0.05, 0) is 0 Å². The average molecular weight is 212 g/mol. The molecule has 1 saturated heterocycles. The lowest BCUT2D eigenvalue weighted by atomic mass is 10.4. The summed E-state index contributed by atoms with van der Waals surface area (Å²) in [5.41, 5.74) is 0.0550. The number of anilines is 1. The Bertz CT molecular complexity index is 370. The van der Waals surface area contributed by atoms with E-state index in [9.17, 15) is 10.1 Å². The number of hydrogen-bond donors (Lipinski definition) is 0. The lowest BCUT2D eigenvalue weighted by Crippen LogP contribution is -2.37. The van der Waals surface area contributed by atoms with E-state index in [1.54, 1.807) is 7.05 Å². The van der Waals surface area contributed by atoms with E-state index in [0.29, 0.717) is 32.1 Å². The Morgan fingerprint density at radius 2 is 2.20 bits per heavy atom. The highest BCUT2D eigenvalue weighted by Crippen LogP contribution is 2.27. The van der Waals surface area contributed by atoms with Gasteiger partial charge in [-0.1, -0.05) is 0 Å². The highest BCUT2D eigenvalue weighted by atomic mass is 16.6. The molecule has 7 nitrogen and oxygen atoms in total. The second-order valence-corrected chi connectivity index (χ2v) is 3.33. The third-order valence-corrected chi connectivity index (χ3v) is 2.40. The van der Waals surface area contributed by atoms with Crippen molar-refractivity contribution in [1.29, 1.82) is 0 Å². The molecule has 1 aliphatic rings. The number of nitrogens with zero attached hydrogens (tertiary/aromatic N) is 4. The van der Waals surface area contributed by atoms with Gasteiger partial charge in [0, 0.05) is 20.1 Å². The zero-order chi connectivity index (χ0) is 10.8. The summed E-state index contributed by atoms with van der Waals surface area (Å²) in [7, 11) is 1.71. The highest BCUT2D eigenvalue weighted by molar-refractivity contribution is 5.57. The van der Waals surface area contributed by atoms with Gasteiger partial charge >= 0.3 is 5.69 Å². The first-order valence-electron chi connectivity index (χ1n) is 4.69. The van der Waals surface area contributed by atoms with Gasteiger partial charge in [-0.15, -0.1) is 0 Å². The van der Waals surface area contributed by atoms with Crippen LogP contribution >= 0.6 is 0 Å². The summed E-state index contributed by atoms with van der Waals surface area (Å²) in [5.74, 6) is 0.559. The van der Waals surface area contributed by atoms with E-state index >= 15 is 0 Å². The number of morpholine rings is 1. The van der Waals surface area contributed by atoms with E-state index < -0.39 is 4.92 Å². The van der Waals surface area contributed by atoms with Crippen LogP contribution in [0, 0.1) is 10.1 Å². The molecule has 0 spiro atoms. The molecule has 0 radical (unpaired) electrons. The quantitative estimate of drug-likeness (QED) is 0.516. The molecule has 7 heteroatoms. The second-order valence-electron chi connectivity index (χ2n) is 3.33.